The highest BCUT2D eigenvalue weighted by atomic mass is 16.5. The van der Waals surface area contributed by atoms with Gasteiger partial charge in [-0.3, -0.25) is 9.89 Å². The van der Waals surface area contributed by atoms with Crippen LogP contribution in [-0.2, 0) is 16.0 Å². The van der Waals surface area contributed by atoms with Gasteiger partial charge in [-0.15, -0.1) is 0 Å². The number of nitrogens with zero attached hydrogens (tertiary/aromatic N) is 1. The van der Waals surface area contributed by atoms with E-state index in [0.29, 0.717) is 12.2 Å². The second kappa shape index (κ2) is 6.54. The molecule has 0 bridgehead atoms. The number of aryl methyl sites for hydroxylation is 1. The first-order valence-corrected chi connectivity index (χ1v) is 6.73. The smallest absolute Gasteiger partial charge is 0.225 e. The fourth-order valence-electron chi connectivity index (χ4n) is 2.14. The Morgan fingerprint density at radius 2 is 2.50 bits per heavy atom. The zero-order chi connectivity index (χ0) is 12.8. The van der Waals surface area contributed by atoms with E-state index in [1.807, 2.05) is 13.0 Å². The maximum absolute atomic E-state index is 11.7. The molecule has 1 amide bonds. The van der Waals surface area contributed by atoms with Gasteiger partial charge in [0.25, 0.3) is 0 Å². The molecule has 0 aromatic carbocycles. The van der Waals surface area contributed by atoms with Crippen molar-refractivity contribution in [2.24, 2.45) is 0 Å². The predicted octanol–water partition coefficient (Wildman–Crippen LogP) is 2.26. The van der Waals surface area contributed by atoms with Gasteiger partial charge in [0, 0.05) is 24.8 Å². The van der Waals surface area contributed by atoms with Gasteiger partial charge in [-0.2, -0.15) is 5.10 Å². The van der Waals surface area contributed by atoms with Crippen molar-refractivity contribution >= 4 is 11.7 Å². The molecule has 1 aromatic heterocycles. The van der Waals surface area contributed by atoms with Crippen molar-refractivity contribution in [3.05, 3.63) is 11.8 Å². The van der Waals surface area contributed by atoms with Crippen molar-refractivity contribution in [3.63, 3.8) is 0 Å². The lowest BCUT2D eigenvalue weighted by Gasteiger charge is -2.22. The van der Waals surface area contributed by atoms with Crippen LogP contribution in [0.4, 0.5) is 5.82 Å². The summed E-state index contributed by atoms with van der Waals surface area (Å²) in [6.45, 7) is 2.88. The largest absolute Gasteiger partial charge is 0.378 e. The zero-order valence-electron chi connectivity index (χ0n) is 10.9. The van der Waals surface area contributed by atoms with Crippen molar-refractivity contribution in [1.29, 1.82) is 0 Å². The molecule has 1 aliphatic heterocycles. The summed E-state index contributed by atoms with van der Waals surface area (Å²) >= 11 is 0. The molecule has 2 rings (SSSR count). The summed E-state index contributed by atoms with van der Waals surface area (Å²) in [4.78, 5) is 11.7. The molecule has 1 aromatic rings. The SMILES string of the molecule is CCc1cc(NC(=O)CCC2CCCCO2)n[nH]1. The van der Waals surface area contributed by atoms with Crippen LogP contribution < -0.4 is 5.32 Å². The molecular formula is C13H21N3O2. The Morgan fingerprint density at radius 1 is 1.61 bits per heavy atom. The number of nitrogens with one attached hydrogen (secondary N) is 2. The molecule has 2 heterocycles. The van der Waals surface area contributed by atoms with Crippen LogP contribution >= 0.6 is 0 Å². The third-order valence-electron chi connectivity index (χ3n) is 3.25. The van der Waals surface area contributed by atoms with Gasteiger partial charge < -0.3 is 10.1 Å². The van der Waals surface area contributed by atoms with Crippen LogP contribution in [0, 0.1) is 0 Å². The number of H-pyrrole nitrogens is 1. The average molecular weight is 251 g/mol. The van der Waals surface area contributed by atoms with Crippen LogP contribution in [-0.4, -0.2) is 28.8 Å². The summed E-state index contributed by atoms with van der Waals surface area (Å²) in [6.07, 6.45) is 5.89. The van der Waals surface area contributed by atoms with Gasteiger partial charge in [0.2, 0.25) is 5.91 Å². The molecule has 0 spiro atoms. The van der Waals surface area contributed by atoms with Gasteiger partial charge in [-0.25, -0.2) is 0 Å². The van der Waals surface area contributed by atoms with Crippen LogP contribution in [0.5, 0.6) is 0 Å². The van der Waals surface area contributed by atoms with Crippen molar-refractivity contribution < 1.29 is 9.53 Å². The van der Waals surface area contributed by atoms with Crippen LogP contribution in [0.25, 0.3) is 0 Å². The van der Waals surface area contributed by atoms with Crippen molar-refractivity contribution in [1.82, 2.24) is 10.2 Å². The molecule has 0 aliphatic carbocycles. The highest BCUT2D eigenvalue weighted by molar-refractivity contribution is 5.89. The fraction of sp³-hybridized carbons (Fsp3) is 0.692. The maximum Gasteiger partial charge on any atom is 0.225 e. The van der Waals surface area contributed by atoms with Gasteiger partial charge in [0.05, 0.1) is 6.10 Å². The molecule has 1 fully saturated rings. The van der Waals surface area contributed by atoms with E-state index < -0.39 is 0 Å². The van der Waals surface area contributed by atoms with Crippen molar-refractivity contribution in [2.75, 3.05) is 11.9 Å². The molecule has 1 unspecified atom stereocenters. The standard InChI is InChI=1S/C13H21N3O2/c1-2-10-9-12(16-15-10)14-13(17)7-6-11-5-3-4-8-18-11/h9,11H,2-8H2,1H3,(H2,14,15,16,17). The molecular weight excluding hydrogens is 230 g/mol. The number of ether oxygens (including phenoxy) is 1. The molecule has 18 heavy (non-hydrogen) atoms. The topological polar surface area (TPSA) is 67.0 Å². The van der Waals surface area contributed by atoms with E-state index in [1.54, 1.807) is 0 Å². The van der Waals surface area contributed by atoms with Gasteiger partial charge in [-0.05, 0) is 32.1 Å². The Bertz CT molecular complexity index is 383. The van der Waals surface area contributed by atoms with E-state index in [-0.39, 0.29) is 12.0 Å². The lowest BCUT2D eigenvalue weighted by atomic mass is 10.0. The van der Waals surface area contributed by atoms with Gasteiger partial charge >= 0.3 is 0 Å². The first-order chi connectivity index (χ1) is 8.78. The zero-order valence-corrected chi connectivity index (χ0v) is 10.9. The normalized spacial score (nSPS) is 19.7. The number of carbonyl (C=O) groups excluding carboxylic acids is 1. The third-order valence-corrected chi connectivity index (χ3v) is 3.25. The molecule has 1 atom stereocenters. The summed E-state index contributed by atoms with van der Waals surface area (Å²) in [7, 11) is 0. The molecule has 0 saturated carbocycles. The van der Waals surface area contributed by atoms with Crippen molar-refractivity contribution in [3.8, 4) is 0 Å². The summed E-state index contributed by atoms with van der Waals surface area (Å²) in [5.74, 6) is 0.625. The third kappa shape index (κ3) is 3.84. The van der Waals surface area contributed by atoms with E-state index in [2.05, 4.69) is 15.5 Å². The lowest BCUT2D eigenvalue weighted by Crippen LogP contribution is -2.21. The minimum Gasteiger partial charge on any atom is -0.378 e. The maximum atomic E-state index is 11.7. The number of rotatable bonds is 5. The van der Waals surface area contributed by atoms with Crippen LogP contribution in [0.3, 0.4) is 0 Å². The van der Waals surface area contributed by atoms with E-state index in [1.165, 1.54) is 6.42 Å². The number of carbonyl (C=O) groups is 1. The number of anilines is 1. The predicted molar refractivity (Wildman–Crippen MR) is 69.4 cm³/mol. The van der Waals surface area contributed by atoms with E-state index in [9.17, 15) is 4.79 Å². The van der Waals surface area contributed by atoms with Gasteiger partial charge in [0.1, 0.15) is 0 Å². The van der Waals surface area contributed by atoms with E-state index in [0.717, 1.165) is 38.0 Å². The Balaban J connectivity index is 1.71. The molecule has 100 valence electrons. The number of hydrogen-bond donors (Lipinski definition) is 2. The Labute approximate surface area is 107 Å². The summed E-state index contributed by atoms with van der Waals surface area (Å²) in [5.41, 5.74) is 1.03. The summed E-state index contributed by atoms with van der Waals surface area (Å²) < 4.78 is 5.60. The first kappa shape index (κ1) is 13.1. The number of hydrogen-bond acceptors (Lipinski definition) is 3. The monoisotopic (exact) mass is 251 g/mol. The average Bonchev–Trinajstić information content (AvgIpc) is 2.85. The molecule has 1 aliphatic rings. The van der Waals surface area contributed by atoms with Crippen molar-refractivity contribution in [2.45, 2.75) is 51.6 Å². The van der Waals surface area contributed by atoms with Crippen LogP contribution in [0.15, 0.2) is 6.07 Å². The second-order valence-corrected chi connectivity index (χ2v) is 4.71. The Hall–Kier alpha value is -1.36. The number of aromatic amines is 1. The molecule has 2 N–H and O–H groups in total. The van der Waals surface area contributed by atoms with E-state index in [4.69, 9.17) is 4.74 Å². The minimum absolute atomic E-state index is 0.0123. The lowest BCUT2D eigenvalue weighted by molar-refractivity contribution is -0.117. The number of amides is 1. The van der Waals surface area contributed by atoms with Gasteiger partial charge in [-0.1, -0.05) is 6.92 Å². The quantitative estimate of drug-likeness (QED) is 0.843. The fourth-order valence-corrected chi connectivity index (χ4v) is 2.14. The Kier molecular flexibility index (Phi) is 4.75. The number of aromatic nitrogens is 2. The second-order valence-electron chi connectivity index (χ2n) is 4.71. The summed E-state index contributed by atoms with van der Waals surface area (Å²) in [6, 6.07) is 1.87. The molecule has 1 saturated heterocycles. The molecule has 5 nitrogen and oxygen atoms in total. The molecule has 5 heteroatoms. The Morgan fingerprint density at radius 3 is 3.17 bits per heavy atom. The highest BCUT2D eigenvalue weighted by Gasteiger charge is 2.15. The highest BCUT2D eigenvalue weighted by Crippen LogP contribution is 2.17. The van der Waals surface area contributed by atoms with Gasteiger partial charge in [0.15, 0.2) is 5.82 Å². The van der Waals surface area contributed by atoms with E-state index >= 15 is 0 Å². The summed E-state index contributed by atoms with van der Waals surface area (Å²) in [5, 5.41) is 9.71. The minimum atomic E-state index is 0.0123. The van der Waals surface area contributed by atoms with Crippen LogP contribution in [0.1, 0.15) is 44.7 Å². The first-order valence-electron chi connectivity index (χ1n) is 6.73. The van der Waals surface area contributed by atoms with Crippen LogP contribution in [0.2, 0.25) is 0 Å². The molecule has 0 radical (unpaired) electrons.